The van der Waals surface area contributed by atoms with Crippen molar-refractivity contribution in [3.05, 3.63) is 34.9 Å². The van der Waals surface area contributed by atoms with Gasteiger partial charge in [-0.3, -0.25) is 9.09 Å². The van der Waals surface area contributed by atoms with Crippen molar-refractivity contribution >= 4 is 29.3 Å². The summed E-state index contributed by atoms with van der Waals surface area (Å²) in [7, 11) is -17.0. The van der Waals surface area contributed by atoms with Crippen LogP contribution in [0.15, 0.2) is 29.2 Å². The van der Waals surface area contributed by atoms with Crippen LogP contribution in [-0.4, -0.2) is 58.7 Å². The van der Waals surface area contributed by atoms with Gasteiger partial charge in [-0.15, -0.1) is 0 Å². The molecule has 34 heavy (non-hydrogen) atoms. The third kappa shape index (κ3) is 7.59. The predicted molar refractivity (Wildman–Crippen MR) is 110 cm³/mol. The molecule has 1 aliphatic rings. The average molecular weight is 553 g/mol. The molecule has 0 spiro atoms. The van der Waals surface area contributed by atoms with Crippen molar-refractivity contribution in [1.82, 2.24) is 9.55 Å². The number of allylic oxidation sites excluding steroid dienone is 1. The molecule has 0 saturated carbocycles. The minimum absolute atomic E-state index is 0.172. The number of halogens is 1. The number of aliphatic hydroxyl groups excluding tert-OH is 1. The molecular formula is C14H23FN3O13P3. The second-order valence-corrected chi connectivity index (χ2v) is 11.8. The van der Waals surface area contributed by atoms with Gasteiger partial charge in [-0.2, -0.15) is 13.6 Å². The van der Waals surface area contributed by atoms with E-state index in [1.54, 1.807) is 13.8 Å². The number of nitrogens with zero attached hydrogens (tertiary/aromatic N) is 2. The summed E-state index contributed by atoms with van der Waals surface area (Å²) in [5.41, 5.74) is 2.13. The number of aromatic nitrogens is 2. The van der Waals surface area contributed by atoms with Crippen LogP contribution in [0.4, 0.5) is 10.2 Å². The number of nitrogen functional groups attached to an aromatic ring is 1. The molecule has 0 aromatic carbocycles. The van der Waals surface area contributed by atoms with Crippen LogP contribution in [-0.2, 0) is 31.6 Å². The summed E-state index contributed by atoms with van der Waals surface area (Å²) in [6.45, 7) is 2.19. The van der Waals surface area contributed by atoms with E-state index in [0.29, 0.717) is 4.57 Å². The summed E-state index contributed by atoms with van der Waals surface area (Å²) in [5.74, 6) is -0.383. The molecule has 0 amide bonds. The molecule has 1 aliphatic heterocycles. The Balaban J connectivity index is 2.34. The van der Waals surface area contributed by atoms with E-state index in [2.05, 4.69) is 18.1 Å². The monoisotopic (exact) mass is 553 g/mol. The van der Waals surface area contributed by atoms with E-state index in [1.807, 2.05) is 0 Å². The van der Waals surface area contributed by atoms with Crippen molar-refractivity contribution in [3.63, 3.8) is 0 Å². The van der Waals surface area contributed by atoms with Crippen LogP contribution in [0.3, 0.4) is 0 Å². The van der Waals surface area contributed by atoms with Crippen LogP contribution >= 0.6 is 23.5 Å². The number of phosphoric acid groups is 3. The summed E-state index contributed by atoms with van der Waals surface area (Å²) in [5, 5.41) is 10.5. The van der Waals surface area contributed by atoms with Crippen LogP contribution in [0.1, 0.15) is 20.1 Å². The summed E-state index contributed by atoms with van der Waals surface area (Å²) < 4.78 is 67.3. The van der Waals surface area contributed by atoms with Gasteiger partial charge in [0.25, 0.3) is 0 Å². The number of hydrogen-bond donors (Lipinski definition) is 6. The summed E-state index contributed by atoms with van der Waals surface area (Å²) in [6, 6.07) is 1.15. The smallest absolute Gasteiger partial charge is 0.386 e. The van der Waals surface area contributed by atoms with Gasteiger partial charge in [0, 0.05) is 6.20 Å². The Bertz CT molecular complexity index is 1120. The first-order chi connectivity index (χ1) is 15.4. The number of ether oxygens (including phenoxy) is 1. The van der Waals surface area contributed by atoms with Crippen LogP contribution in [0, 0.1) is 5.92 Å². The highest BCUT2D eigenvalue weighted by Crippen LogP contribution is 2.66. The van der Waals surface area contributed by atoms with Crippen molar-refractivity contribution in [1.29, 1.82) is 0 Å². The Hall–Kier alpha value is -1.32. The SMILES string of the molecule is CC(C)/C=C\[C@]1(COP(=O)(O)OP(=O)(O)OP(=O)(O)O)O[C@@H](n2ccc(N)nc2=O)[C@H](F)[C@@H]1O. The molecule has 2 rings (SSSR count). The standard InChI is InChI=1S/C14H23FN3O13P3/c1-8(2)3-5-14(7-28-33(24,25)31-34(26,27)30-32(21,22)23)11(19)10(15)12(29-14)18-6-4-9(16)17-13(18)20/h3-6,8,10-12,19H,7H2,1-2H3,(H,24,25)(H,26,27)(H2,16,17,20)(H2,21,22,23)/b5-3-/t10-,11+,12-,14-/m1/s1. The predicted octanol–water partition coefficient (Wildman–Crippen LogP) is 0.348. The van der Waals surface area contributed by atoms with E-state index in [-0.39, 0.29) is 11.7 Å². The van der Waals surface area contributed by atoms with Crippen molar-refractivity contribution in [2.75, 3.05) is 12.3 Å². The first-order valence-corrected chi connectivity index (χ1v) is 13.7. The Labute approximate surface area is 191 Å². The van der Waals surface area contributed by atoms with E-state index in [9.17, 15) is 33.4 Å². The number of hydrogen-bond acceptors (Lipinski definition) is 11. The zero-order valence-corrected chi connectivity index (χ0v) is 20.2. The lowest BCUT2D eigenvalue weighted by molar-refractivity contribution is -0.0968. The molecule has 194 valence electrons. The molecule has 0 aliphatic carbocycles. The Morgan fingerprint density at radius 1 is 1.26 bits per heavy atom. The molecule has 20 heteroatoms. The number of nitrogens with two attached hydrogens (primary N) is 1. The lowest BCUT2D eigenvalue weighted by Gasteiger charge is -2.29. The van der Waals surface area contributed by atoms with Gasteiger partial charge in [-0.05, 0) is 12.0 Å². The largest absolute Gasteiger partial charge is 0.490 e. The molecule has 2 heterocycles. The lowest BCUT2D eigenvalue weighted by Crippen LogP contribution is -2.44. The summed E-state index contributed by atoms with van der Waals surface area (Å²) in [6.07, 6.45) is -2.66. The first-order valence-electron chi connectivity index (χ1n) is 9.19. The number of anilines is 1. The molecule has 0 radical (unpaired) electrons. The van der Waals surface area contributed by atoms with E-state index in [1.165, 1.54) is 6.08 Å². The van der Waals surface area contributed by atoms with Gasteiger partial charge >= 0.3 is 29.2 Å². The van der Waals surface area contributed by atoms with Crippen molar-refractivity contribution in [3.8, 4) is 0 Å². The topological polar surface area (TPSA) is 250 Å². The van der Waals surface area contributed by atoms with Crippen molar-refractivity contribution in [2.24, 2.45) is 5.92 Å². The van der Waals surface area contributed by atoms with Gasteiger partial charge in [0.05, 0.1) is 6.61 Å². The number of rotatable bonds is 10. The van der Waals surface area contributed by atoms with Gasteiger partial charge in [0.1, 0.15) is 17.5 Å². The Morgan fingerprint density at radius 2 is 1.88 bits per heavy atom. The molecule has 1 saturated heterocycles. The normalized spacial score (nSPS) is 29.4. The van der Waals surface area contributed by atoms with Crippen molar-refractivity contribution in [2.45, 2.75) is 38.0 Å². The zero-order valence-electron chi connectivity index (χ0n) is 17.5. The van der Waals surface area contributed by atoms with Crippen LogP contribution in [0.25, 0.3) is 0 Å². The number of aliphatic hydroxyl groups is 1. The lowest BCUT2D eigenvalue weighted by atomic mass is 9.94. The minimum Gasteiger partial charge on any atom is -0.386 e. The van der Waals surface area contributed by atoms with Crippen LogP contribution in [0.5, 0.6) is 0 Å². The zero-order chi connectivity index (χ0) is 26.1. The van der Waals surface area contributed by atoms with E-state index in [0.717, 1.165) is 18.3 Å². The van der Waals surface area contributed by atoms with Gasteiger partial charge in [0.2, 0.25) is 0 Å². The molecule has 6 atom stereocenters. The third-order valence-corrected chi connectivity index (χ3v) is 7.96. The van der Waals surface area contributed by atoms with Gasteiger partial charge < -0.3 is 35.2 Å². The second kappa shape index (κ2) is 10.3. The van der Waals surface area contributed by atoms with E-state index in [4.69, 9.17) is 20.3 Å². The highest BCUT2D eigenvalue weighted by atomic mass is 31.3. The van der Waals surface area contributed by atoms with Crippen molar-refractivity contribution < 1.29 is 60.6 Å². The van der Waals surface area contributed by atoms with Crippen LogP contribution < -0.4 is 11.4 Å². The summed E-state index contributed by atoms with van der Waals surface area (Å²) in [4.78, 5) is 51.6. The van der Waals surface area contributed by atoms with Crippen LogP contribution in [0.2, 0.25) is 0 Å². The van der Waals surface area contributed by atoms with E-state index < -0.39 is 59.9 Å². The quantitative estimate of drug-likeness (QED) is 0.169. The molecule has 2 unspecified atom stereocenters. The molecular weight excluding hydrogens is 530 g/mol. The highest BCUT2D eigenvalue weighted by molar-refractivity contribution is 7.66. The first kappa shape index (κ1) is 28.9. The number of phosphoric ester groups is 1. The van der Waals surface area contributed by atoms with Gasteiger partial charge in [-0.1, -0.05) is 26.0 Å². The fraction of sp³-hybridized carbons (Fsp3) is 0.571. The molecule has 16 nitrogen and oxygen atoms in total. The highest BCUT2D eigenvalue weighted by Gasteiger charge is 2.56. The molecule has 1 fully saturated rings. The number of alkyl halides is 1. The van der Waals surface area contributed by atoms with Gasteiger partial charge in [-0.25, -0.2) is 22.9 Å². The molecule has 1 aromatic rings. The second-order valence-electron chi connectivity index (χ2n) is 7.36. The maximum absolute atomic E-state index is 15.0. The Morgan fingerprint density at radius 3 is 2.41 bits per heavy atom. The van der Waals surface area contributed by atoms with Gasteiger partial charge in [0.15, 0.2) is 12.4 Å². The maximum Gasteiger partial charge on any atom is 0.490 e. The molecule has 1 aromatic heterocycles. The molecule has 7 N–H and O–H groups in total. The third-order valence-electron chi connectivity index (χ3n) is 4.17. The summed E-state index contributed by atoms with van der Waals surface area (Å²) >= 11 is 0. The maximum atomic E-state index is 15.0. The fourth-order valence-electron chi connectivity index (χ4n) is 2.76. The van der Waals surface area contributed by atoms with E-state index >= 15 is 4.39 Å². The fourth-order valence-corrected chi connectivity index (χ4v) is 5.82. The average Bonchev–Trinajstić information content (AvgIpc) is 2.88. The molecule has 0 bridgehead atoms. The Kier molecular flexibility index (Phi) is 8.80. The minimum atomic E-state index is -5.81.